The van der Waals surface area contributed by atoms with E-state index in [0.717, 1.165) is 12.1 Å². The summed E-state index contributed by atoms with van der Waals surface area (Å²) in [5.74, 6) is 0. The average molecular weight is 196 g/mol. The van der Waals surface area contributed by atoms with Gasteiger partial charge < -0.3 is 4.98 Å². The fourth-order valence-electron chi connectivity index (χ4n) is 1.49. The monoisotopic (exact) mass is 196 g/mol. The molecule has 0 aliphatic rings. The van der Waals surface area contributed by atoms with Gasteiger partial charge in [0.25, 0.3) is 5.56 Å². The number of aryl methyl sites for hydroxylation is 1. The molecule has 0 fully saturated rings. The van der Waals surface area contributed by atoms with E-state index < -0.39 is 0 Å². The van der Waals surface area contributed by atoms with Crippen LogP contribution >= 0.6 is 0 Å². The van der Waals surface area contributed by atoms with Crippen molar-refractivity contribution in [2.45, 2.75) is 40.2 Å². The summed E-state index contributed by atoms with van der Waals surface area (Å²) in [6.45, 7) is 6.10. The minimum Gasteiger partial charge on any atom is -0.311 e. The summed E-state index contributed by atoms with van der Waals surface area (Å²) in [6, 6.07) is 0. The van der Waals surface area contributed by atoms with Gasteiger partial charge in [0.15, 0.2) is 0 Å². The van der Waals surface area contributed by atoms with Crippen molar-refractivity contribution in [2.24, 2.45) is 0 Å². The van der Waals surface area contributed by atoms with Gasteiger partial charge in [-0.3, -0.25) is 9.36 Å². The molecule has 1 N–H and O–H groups in total. The van der Waals surface area contributed by atoms with E-state index in [1.54, 1.807) is 6.92 Å². The molecule has 0 aromatic carbocycles. The molecule has 0 atom stereocenters. The van der Waals surface area contributed by atoms with Gasteiger partial charge in [-0.2, -0.15) is 0 Å². The van der Waals surface area contributed by atoms with Crippen molar-refractivity contribution < 1.29 is 0 Å². The average Bonchev–Trinajstić information content (AvgIpc) is 2.18. The molecule has 4 heteroatoms. The molecule has 14 heavy (non-hydrogen) atoms. The van der Waals surface area contributed by atoms with Gasteiger partial charge in [-0.15, -0.1) is 0 Å². The fourth-order valence-corrected chi connectivity index (χ4v) is 1.49. The number of aromatic nitrogens is 2. The third-order valence-electron chi connectivity index (χ3n) is 2.32. The molecule has 0 aliphatic carbocycles. The van der Waals surface area contributed by atoms with Gasteiger partial charge in [-0.1, -0.05) is 13.8 Å². The number of hydrogen-bond donors (Lipinski definition) is 1. The van der Waals surface area contributed by atoms with Crippen LogP contribution in [0.25, 0.3) is 0 Å². The first-order valence-corrected chi connectivity index (χ1v) is 4.94. The summed E-state index contributed by atoms with van der Waals surface area (Å²) in [7, 11) is 0. The standard InChI is InChI=1S/C10H16N2O2/c1-4-6-12-9(13)7(3)8(5-2)11-10(12)14/h4-6H2,1-3H3,(H,11,14). The van der Waals surface area contributed by atoms with Crippen molar-refractivity contribution in [3.05, 3.63) is 32.1 Å². The Morgan fingerprint density at radius 2 is 1.93 bits per heavy atom. The maximum absolute atomic E-state index is 11.7. The van der Waals surface area contributed by atoms with E-state index in [0.29, 0.717) is 18.5 Å². The topological polar surface area (TPSA) is 54.9 Å². The Morgan fingerprint density at radius 3 is 2.43 bits per heavy atom. The summed E-state index contributed by atoms with van der Waals surface area (Å²) >= 11 is 0. The third kappa shape index (κ3) is 1.78. The molecule has 1 heterocycles. The largest absolute Gasteiger partial charge is 0.328 e. The Bertz CT molecular complexity index is 429. The summed E-state index contributed by atoms with van der Waals surface area (Å²) < 4.78 is 1.26. The second-order valence-electron chi connectivity index (χ2n) is 3.34. The van der Waals surface area contributed by atoms with Crippen LogP contribution in [0.3, 0.4) is 0 Å². The highest BCUT2D eigenvalue weighted by Gasteiger charge is 2.07. The summed E-state index contributed by atoms with van der Waals surface area (Å²) in [5.41, 5.74) is 0.944. The van der Waals surface area contributed by atoms with Crippen molar-refractivity contribution in [1.29, 1.82) is 0 Å². The lowest BCUT2D eigenvalue weighted by molar-refractivity contribution is 0.604. The lowest BCUT2D eigenvalue weighted by Gasteiger charge is -2.06. The van der Waals surface area contributed by atoms with Crippen LogP contribution in [-0.2, 0) is 13.0 Å². The lowest BCUT2D eigenvalue weighted by Crippen LogP contribution is -2.37. The predicted molar refractivity (Wildman–Crippen MR) is 55.7 cm³/mol. The van der Waals surface area contributed by atoms with Crippen molar-refractivity contribution in [3.8, 4) is 0 Å². The molecular weight excluding hydrogens is 180 g/mol. The molecule has 78 valence electrons. The molecule has 1 aromatic rings. The summed E-state index contributed by atoms with van der Waals surface area (Å²) in [4.78, 5) is 25.9. The van der Waals surface area contributed by atoms with E-state index in [9.17, 15) is 9.59 Å². The molecule has 4 nitrogen and oxygen atoms in total. The predicted octanol–water partition coefficient (Wildman–Crippen LogP) is 0.817. The zero-order valence-electron chi connectivity index (χ0n) is 8.89. The van der Waals surface area contributed by atoms with Crippen LogP contribution in [0, 0.1) is 6.92 Å². The van der Waals surface area contributed by atoms with Crippen molar-refractivity contribution >= 4 is 0 Å². The number of nitrogens with zero attached hydrogens (tertiary/aromatic N) is 1. The molecule has 0 aliphatic heterocycles. The van der Waals surface area contributed by atoms with Gasteiger partial charge in [0.1, 0.15) is 0 Å². The van der Waals surface area contributed by atoms with E-state index in [-0.39, 0.29) is 11.2 Å². The van der Waals surface area contributed by atoms with Crippen molar-refractivity contribution in [3.63, 3.8) is 0 Å². The molecule has 1 aromatic heterocycles. The molecule has 0 radical (unpaired) electrons. The van der Waals surface area contributed by atoms with Crippen LogP contribution in [-0.4, -0.2) is 9.55 Å². The highest BCUT2D eigenvalue weighted by molar-refractivity contribution is 5.14. The molecule has 0 bridgehead atoms. The van der Waals surface area contributed by atoms with Crippen LogP contribution < -0.4 is 11.2 Å². The van der Waals surface area contributed by atoms with E-state index >= 15 is 0 Å². The first kappa shape index (κ1) is 10.8. The van der Waals surface area contributed by atoms with Crippen molar-refractivity contribution in [2.75, 3.05) is 0 Å². The number of hydrogen-bond acceptors (Lipinski definition) is 2. The zero-order chi connectivity index (χ0) is 10.7. The van der Waals surface area contributed by atoms with Gasteiger partial charge in [0.2, 0.25) is 0 Å². The molecule has 0 amide bonds. The second-order valence-corrected chi connectivity index (χ2v) is 3.34. The van der Waals surface area contributed by atoms with Gasteiger partial charge in [0.05, 0.1) is 0 Å². The van der Waals surface area contributed by atoms with E-state index in [1.165, 1.54) is 4.57 Å². The second kappa shape index (κ2) is 4.26. The third-order valence-corrected chi connectivity index (χ3v) is 2.32. The van der Waals surface area contributed by atoms with E-state index in [2.05, 4.69) is 4.98 Å². The van der Waals surface area contributed by atoms with E-state index in [1.807, 2.05) is 13.8 Å². The normalized spacial score (nSPS) is 10.5. The molecule has 0 unspecified atom stereocenters. The van der Waals surface area contributed by atoms with E-state index in [4.69, 9.17) is 0 Å². The Kier molecular flexibility index (Phi) is 3.28. The maximum Gasteiger partial charge on any atom is 0.328 e. The molecule has 0 saturated heterocycles. The Morgan fingerprint density at radius 1 is 1.29 bits per heavy atom. The maximum atomic E-state index is 11.7. The molecule has 0 saturated carbocycles. The first-order valence-electron chi connectivity index (χ1n) is 4.94. The van der Waals surface area contributed by atoms with Crippen LogP contribution in [0.4, 0.5) is 0 Å². The first-order chi connectivity index (χ1) is 6.61. The van der Waals surface area contributed by atoms with Gasteiger partial charge in [-0.05, 0) is 19.8 Å². The lowest BCUT2D eigenvalue weighted by atomic mass is 10.2. The Balaban J connectivity index is 3.42. The molecule has 1 rings (SSSR count). The van der Waals surface area contributed by atoms with Gasteiger partial charge in [-0.25, -0.2) is 4.79 Å². The van der Waals surface area contributed by atoms with Crippen molar-refractivity contribution in [1.82, 2.24) is 9.55 Å². The minimum absolute atomic E-state index is 0.160. The zero-order valence-corrected chi connectivity index (χ0v) is 8.89. The molecular formula is C10H16N2O2. The number of nitrogens with one attached hydrogen (secondary N) is 1. The van der Waals surface area contributed by atoms with Crippen LogP contribution in [0.5, 0.6) is 0 Å². The number of H-pyrrole nitrogens is 1. The Labute approximate surface area is 82.6 Å². The molecule has 0 spiro atoms. The van der Waals surface area contributed by atoms with Crippen LogP contribution in [0.15, 0.2) is 9.59 Å². The summed E-state index contributed by atoms with van der Waals surface area (Å²) in [5, 5.41) is 0. The van der Waals surface area contributed by atoms with Gasteiger partial charge >= 0.3 is 5.69 Å². The number of aromatic amines is 1. The summed E-state index contributed by atoms with van der Waals surface area (Å²) in [6.07, 6.45) is 1.47. The van der Waals surface area contributed by atoms with Crippen LogP contribution in [0.1, 0.15) is 31.5 Å². The van der Waals surface area contributed by atoms with Crippen LogP contribution in [0.2, 0.25) is 0 Å². The highest BCUT2D eigenvalue weighted by atomic mass is 16.2. The fraction of sp³-hybridized carbons (Fsp3) is 0.600. The highest BCUT2D eigenvalue weighted by Crippen LogP contribution is 1.96. The van der Waals surface area contributed by atoms with Gasteiger partial charge in [0, 0.05) is 17.8 Å². The quantitative estimate of drug-likeness (QED) is 0.778. The smallest absolute Gasteiger partial charge is 0.311 e. The number of rotatable bonds is 3. The minimum atomic E-state index is -0.292. The Hall–Kier alpha value is -1.32. The SMILES string of the molecule is CCCn1c(=O)[nH]c(CC)c(C)c1=O.